The molecule has 24 heavy (non-hydrogen) atoms. The van der Waals surface area contributed by atoms with Crippen molar-refractivity contribution in [3.8, 4) is 0 Å². The minimum absolute atomic E-state index is 0.0781. The van der Waals surface area contributed by atoms with Gasteiger partial charge in [0.1, 0.15) is 12.6 Å². The predicted molar refractivity (Wildman–Crippen MR) is 91.4 cm³/mol. The van der Waals surface area contributed by atoms with Gasteiger partial charge in [-0.3, -0.25) is 9.59 Å². The number of carbonyl (C=O) groups is 3. The summed E-state index contributed by atoms with van der Waals surface area (Å²) in [6, 6.07) is -1.04. The molecule has 1 rings (SSSR count). The topological polar surface area (TPSA) is 87.7 Å². The first-order chi connectivity index (χ1) is 11.1. The van der Waals surface area contributed by atoms with Gasteiger partial charge in [-0.05, 0) is 31.6 Å². The second-order valence-corrected chi connectivity index (χ2v) is 7.61. The summed E-state index contributed by atoms with van der Waals surface area (Å²) in [5, 5.41) is 5.16. The fourth-order valence-electron chi connectivity index (χ4n) is 2.97. The molecule has 0 saturated carbocycles. The van der Waals surface area contributed by atoms with Crippen LogP contribution in [0.15, 0.2) is 0 Å². The molecule has 0 aromatic carbocycles. The van der Waals surface area contributed by atoms with Crippen LogP contribution >= 0.6 is 0 Å². The van der Waals surface area contributed by atoms with Gasteiger partial charge in [0.2, 0.25) is 5.91 Å². The Balaban J connectivity index is 2.71. The van der Waals surface area contributed by atoms with Crippen molar-refractivity contribution < 1.29 is 19.1 Å². The van der Waals surface area contributed by atoms with Crippen molar-refractivity contribution in [2.24, 2.45) is 11.3 Å². The molecular formula is C17H31N3O4. The van der Waals surface area contributed by atoms with Gasteiger partial charge in [0.25, 0.3) is 0 Å². The molecule has 0 aromatic heterocycles. The summed E-state index contributed by atoms with van der Waals surface area (Å²) in [7, 11) is 0. The van der Waals surface area contributed by atoms with Crippen LogP contribution in [0.5, 0.6) is 0 Å². The maximum Gasteiger partial charge on any atom is 0.325 e. The van der Waals surface area contributed by atoms with Crippen molar-refractivity contribution in [3.63, 3.8) is 0 Å². The molecule has 1 aliphatic heterocycles. The van der Waals surface area contributed by atoms with Gasteiger partial charge in [-0.1, -0.05) is 27.7 Å². The maximum absolute atomic E-state index is 12.9. The summed E-state index contributed by atoms with van der Waals surface area (Å²) < 4.78 is 4.76. The molecule has 7 nitrogen and oxygen atoms in total. The minimum Gasteiger partial charge on any atom is -0.465 e. The third kappa shape index (κ3) is 5.69. The molecule has 2 N–H and O–H groups in total. The van der Waals surface area contributed by atoms with Crippen LogP contribution in [0.3, 0.4) is 0 Å². The molecule has 2 unspecified atom stereocenters. The van der Waals surface area contributed by atoms with Gasteiger partial charge in [0.05, 0.1) is 6.61 Å². The van der Waals surface area contributed by atoms with E-state index in [1.807, 2.05) is 32.6 Å². The molecule has 1 aliphatic rings. The van der Waals surface area contributed by atoms with Crippen LogP contribution in [0.1, 0.15) is 48.0 Å². The Morgan fingerprint density at radius 3 is 2.33 bits per heavy atom. The summed E-state index contributed by atoms with van der Waals surface area (Å²) in [5.41, 5.74) is -0.441. The van der Waals surface area contributed by atoms with Crippen molar-refractivity contribution in [2.75, 3.05) is 19.7 Å². The van der Waals surface area contributed by atoms with Gasteiger partial charge >= 0.3 is 12.0 Å². The number of hydrogen-bond donors (Lipinski definition) is 2. The monoisotopic (exact) mass is 341 g/mol. The lowest BCUT2D eigenvalue weighted by atomic mass is 9.85. The molecule has 1 heterocycles. The average Bonchev–Trinajstić information content (AvgIpc) is 2.80. The van der Waals surface area contributed by atoms with Crippen LogP contribution in [0, 0.1) is 11.3 Å². The third-order valence-corrected chi connectivity index (χ3v) is 4.15. The van der Waals surface area contributed by atoms with Crippen molar-refractivity contribution in [3.05, 3.63) is 0 Å². The molecule has 1 saturated heterocycles. The van der Waals surface area contributed by atoms with Crippen molar-refractivity contribution >= 4 is 17.9 Å². The van der Waals surface area contributed by atoms with E-state index in [0.717, 1.165) is 6.42 Å². The zero-order chi connectivity index (χ0) is 18.5. The molecular weight excluding hydrogens is 310 g/mol. The summed E-state index contributed by atoms with van der Waals surface area (Å²) >= 11 is 0. The lowest BCUT2D eigenvalue weighted by molar-refractivity contribution is -0.141. The third-order valence-electron chi connectivity index (χ3n) is 4.15. The Labute approximate surface area is 144 Å². The van der Waals surface area contributed by atoms with Crippen molar-refractivity contribution in [1.29, 1.82) is 0 Å². The van der Waals surface area contributed by atoms with E-state index in [9.17, 15) is 14.4 Å². The van der Waals surface area contributed by atoms with E-state index in [4.69, 9.17) is 4.74 Å². The number of nitrogens with zero attached hydrogens (tertiary/aromatic N) is 1. The fraction of sp³-hybridized carbons (Fsp3) is 0.824. The van der Waals surface area contributed by atoms with Gasteiger partial charge in [0.15, 0.2) is 0 Å². The van der Waals surface area contributed by atoms with Crippen LogP contribution in [0.25, 0.3) is 0 Å². The van der Waals surface area contributed by atoms with Gasteiger partial charge < -0.3 is 20.3 Å². The molecule has 0 aromatic rings. The number of rotatable bonds is 5. The standard InChI is InChI=1S/C17H31N3O4/c1-7-24-13(21)9-18-16(23)19-14(17(4,5)6)15(22)20-10-11(2)8-12(20)3/h11-12,14H,7-10H2,1-6H3,(H2,18,19,23)/t11?,12-,14?/m1/s1. The van der Waals surface area contributed by atoms with Crippen LogP contribution in [-0.4, -0.2) is 54.6 Å². The predicted octanol–water partition coefficient (Wildman–Crippen LogP) is 1.52. The maximum atomic E-state index is 12.9. The second-order valence-electron chi connectivity index (χ2n) is 7.61. The summed E-state index contributed by atoms with van der Waals surface area (Å²) in [6.45, 7) is 12.3. The number of ether oxygens (including phenoxy) is 1. The number of nitrogens with one attached hydrogen (secondary N) is 2. The number of likely N-dealkylation sites (tertiary alicyclic amines) is 1. The Bertz CT molecular complexity index is 473. The largest absolute Gasteiger partial charge is 0.465 e. The number of amides is 3. The molecule has 138 valence electrons. The van der Waals surface area contributed by atoms with E-state index in [2.05, 4.69) is 17.6 Å². The van der Waals surface area contributed by atoms with Crippen LogP contribution in [0.4, 0.5) is 4.79 Å². The molecule has 3 amide bonds. The van der Waals surface area contributed by atoms with Gasteiger partial charge in [-0.2, -0.15) is 0 Å². The van der Waals surface area contributed by atoms with E-state index in [1.165, 1.54) is 0 Å². The first-order valence-corrected chi connectivity index (χ1v) is 8.56. The second kappa shape index (κ2) is 8.35. The lowest BCUT2D eigenvalue weighted by Gasteiger charge is -2.35. The number of esters is 1. The molecule has 1 fully saturated rings. The van der Waals surface area contributed by atoms with Crippen molar-refractivity contribution in [2.45, 2.75) is 60.0 Å². The smallest absolute Gasteiger partial charge is 0.325 e. The Morgan fingerprint density at radius 1 is 1.25 bits per heavy atom. The van der Waals surface area contributed by atoms with E-state index >= 15 is 0 Å². The highest BCUT2D eigenvalue weighted by Gasteiger charge is 2.39. The summed E-state index contributed by atoms with van der Waals surface area (Å²) in [4.78, 5) is 38.1. The van der Waals surface area contributed by atoms with Crippen molar-refractivity contribution in [1.82, 2.24) is 15.5 Å². The molecule has 3 atom stereocenters. The first kappa shape index (κ1) is 20.3. The van der Waals surface area contributed by atoms with Crippen LogP contribution in [0.2, 0.25) is 0 Å². The highest BCUT2D eigenvalue weighted by Crippen LogP contribution is 2.27. The van der Waals surface area contributed by atoms with Crippen LogP contribution < -0.4 is 10.6 Å². The van der Waals surface area contributed by atoms with Gasteiger partial charge in [-0.15, -0.1) is 0 Å². The van der Waals surface area contributed by atoms with E-state index < -0.39 is 23.5 Å². The fourth-order valence-corrected chi connectivity index (χ4v) is 2.97. The Morgan fingerprint density at radius 2 is 1.88 bits per heavy atom. The molecule has 0 radical (unpaired) electrons. The normalized spacial score (nSPS) is 22.0. The summed E-state index contributed by atoms with van der Waals surface area (Å²) in [6.07, 6.45) is 0.970. The molecule has 0 spiro atoms. The van der Waals surface area contributed by atoms with Crippen LogP contribution in [-0.2, 0) is 14.3 Å². The van der Waals surface area contributed by atoms with E-state index in [-0.39, 0.29) is 25.1 Å². The summed E-state index contributed by atoms with van der Waals surface area (Å²) in [5.74, 6) is -0.124. The number of urea groups is 1. The number of carbonyl (C=O) groups excluding carboxylic acids is 3. The first-order valence-electron chi connectivity index (χ1n) is 8.56. The average molecular weight is 341 g/mol. The van der Waals surface area contributed by atoms with Gasteiger partial charge in [0, 0.05) is 12.6 Å². The van der Waals surface area contributed by atoms with E-state index in [0.29, 0.717) is 12.5 Å². The Kier molecular flexibility index (Phi) is 7.05. The van der Waals surface area contributed by atoms with E-state index in [1.54, 1.807) is 6.92 Å². The zero-order valence-corrected chi connectivity index (χ0v) is 15.6. The highest BCUT2D eigenvalue weighted by atomic mass is 16.5. The highest BCUT2D eigenvalue weighted by molar-refractivity contribution is 5.89. The minimum atomic E-state index is -0.660. The molecule has 0 aliphatic carbocycles. The molecule has 7 heteroatoms. The zero-order valence-electron chi connectivity index (χ0n) is 15.6. The van der Waals surface area contributed by atoms with Gasteiger partial charge in [-0.25, -0.2) is 4.79 Å². The lowest BCUT2D eigenvalue weighted by Crippen LogP contribution is -2.57. The molecule has 0 bridgehead atoms. The quantitative estimate of drug-likeness (QED) is 0.742. The number of hydrogen-bond acceptors (Lipinski definition) is 4. The Hall–Kier alpha value is -1.79. The SMILES string of the molecule is CCOC(=O)CNC(=O)NC(C(=O)N1CC(C)C[C@H]1C)C(C)(C)C.